The Morgan fingerprint density at radius 3 is 1.86 bits per heavy atom. The molecule has 1 aliphatic heterocycles. The molecular formula is C57H75F3N10O8. The van der Waals surface area contributed by atoms with Crippen molar-refractivity contribution in [3.05, 3.63) is 113 Å². The van der Waals surface area contributed by atoms with Crippen molar-refractivity contribution in [3.8, 4) is 62.4 Å². The summed E-state index contributed by atoms with van der Waals surface area (Å²) in [4.78, 5) is 47.4. The minimum absolute atomic E-state index is 0.00242. The first kappa shape index (κ1) is 66.1. The first-order chi connectivity index (χ1) is 37.6. The highest BCUT2D eigenvalue weighted by molar-refractivity contribution is 5.94. The number of hydrogen-bond donors (Lipinski definition) is 7. The number of fused-ring (bicyclic) bond motifs is 1. The van der Waals surface area contributed by atoms with Crippen molar-refractivity contribution in [2.45, 2.75) is 73.3 Å². The monoisotopic (exact) mass is 1080 g/mol. The van der Waals surface area contributed by atoms with Crippen molar-refractivity contribution in [2.24, 2.45) is 34.0 Å². The van der Waals surface area contributed by atoms with Crippen LogP contribution >= 0.6 is 0 Å². The number of aliphatic hydroxyl groups excluding tert-OH is 2. The number of nitrogens with zero attached hydrogens (tertiary/aromatic N) is 5. The Hall–Kier alpha value is -8.01. The Kier molecular flexibility index (Phi) is 30.6. The van der Waals surface area contributed by atoms with Gasteiger partial charge in [0.15, 0.2) is 0 Å². The van der Waals surface area contributed by atoms with Crippen LogP contribution in [0.5, 0.6) is 17.6 Å². The van der Waals surface area contributed by atoms with E-state index in [1.54, 1.807) is 43.8 Å². The average molecular weight is 1090 g/mol. The lowest BCUT2D eigenvalue weighted by Gasteiger charge is -2.15. The fourth-order valence-electron chi connectivity index (χ4n) is 7.73. The Labute approximate surface area is 454 Å². The molecule has 2 atom stereocenters. The summed E-state index contributed by atoms with van der Waals surface area (Å²) in [6.45, 7) is 15.2. The van der Waals surface area contributed by atoms with Crippen LogP contribution in [0.1, 0.15) is 81.8 Å². The number of hydrogen-bond acceptors (Lipinski definition) is 16. The second-order valence-electron chi connectivity index (χ2n) is 17.6. The van der Waals surface area contributed by atoms with E-state index < -0.39 is 5.82 Å². The second kappa shape index (κ2) is 36.1. The zero-order chi connectivity index (χ0) is 58.2. The fourth-order valence-corrected chi connectivity index (χ4v) is 7.73. The summed E-state index contributed by atoms with van der Waals surface area (Å²) in [5.74, 6) is 1.43. The first-order valence-electron chi connectivity index (χ1n) is 25.1. The minimum atomic E-state index is -0.450. The van der Waals surface area contributed by atoms with E-state index in [1.807, 2.05) is 64.1 Å². The molecule has 2 aromatic carbocycles. The van der Waals surface area contributed by atoms with Crippen molar-refractivity contribution in [1.29, 1.82) is 0 Å². The maximum absolute atomic E-state index is 14.6. The van der Waals surface area contributed by atoms with E-state index in [0.717, 1.165) is 75.0 Å². The molecule has 6 aromatic rings. The zero-order valence-corrected chi connectivity index (χ0v) is 45.5. The molecule has 2 unspecified atom stereocenters. The highest BCUT2D eigenvalue weighted by Gasteiger charge is 2.22. The quantitative estimate of drug-likeness (QED) is 0.0278. The number of nitrogens with one attached hydrogen (secondary N) is 1. The van der Waals surface area contributed by atoms with E-state index >= 15 is 0 Å². The lowest BCUT2D eigenvalue weighted by atomic mass is 9.97. The van der Waals surface area contributed by atoms with Gasteiger partial charge in [-0.3, -0.25) is 24.0 Å². The molecule has 422 valence electrons. The zero-order valence-electron chi connectivity index (χ0n) is 45.5. The van der Waals surface area contributed by atoms with E-state index in [4.69, 9.17) is 45.2 Å². The predicted octanol–water partition coefficient (Wildman–Crippen LogP) is 8.54. The largest absolute Gasteiger partial charge is 0.481 e. The van der Waals surface area contributed by atoms with Gasteiger partial charge in [-0.05, 0) is 140 Å². The topological polar surface area (TPSA) is 299 Å². The second-order valence-corrected chi connectivity index (χ2v) is 17.6. The maximum atomic E-state index is 14.6. The highest BCUT2D eigenvalue weighted by Crippen LogP contribution is 2.37. The van der Waals surface area contributed by atoms with Gasteiger partial charge >= 0.3 is 0 Å². The molecule has 4 aromatic heterocycles. The van der Waals surface area contributed by atoms with Gasteiger partial charge in [-0.2, -0.15) is 0 Å². The average Bonchev–Trinajstić information content (AvgIpc) is 3.84. The van der Waals surface area contributed by atoms with Gasteiger partial charge in [0.2, 0.25) is 30.5 Å². The van der Waals surface area contributed by atoms with E-state index in [9.17, 15) is 18.3 Å². The van der Waals surface area contributed by atoms with Crippen molar-refractivity contribution in [3.63, 3.8) is 0 Å². The molecule has 0 radical (unpaired) electrons. The van der Waals surface area contributed by atoms with Crippen molar-refractivity contribution >= 4 is 37.2 Å². The molecule has 0 spiro atoms. The van der Waals surface area contributed by atoms with Crippen molar-refractivity contribution in [2.75, 3.05) is 64.4 Å². The van der Waals surface area contributed by atoms with Crippen LogP contribution in [-0.2, 0) is 14.4 Å². The molecule has 11 N–H and O–H groups in total. The third-order valence-corrected chi connectivity index (χ3v) is 11.5. The molecule has 78 heavy (non-hydrogen) atoms. The number of amides is 2. The molecule has 0 fully saturated rings. The van der Waals surface area contributed by atoms with Gasteiger partial charge in [0, 0.05) is 60.0 Å². The molecule has 0 aliphatic carbocycles. The number of nitrogens with two attached hydrogens (primary N) is 4. The van der Waals surface area contributed by atoms with Crippen LogP contribution in [0.15, 0.2) is 84.1 Å². The number of aliphatic hydroxyl groups is 2. The molecule has 0 saturated heterocycles. The molecular weight excluding hydrogens is 1010 g/mol. The van der Waals surface area contributed by atoms with Gasteiger partial charge in [-0.15, -0.1) is 0 Å². The van der Waals surface area contributed by atoms with Crippen LogP contribution in [-0.4, -0.2) is 109 Å². The summed E-state index contributed by atoms with van der Waals surface area (Å²) >= 11 is 0. The standard InChI is InChI=1S/C25H30FN3O3.C22H21FN4O2.C7H16FN.2CH3NO.CH2O/c1-16(2)5-7-27-23-15-20(17(3)11-21(23)26)19-12-22(29-25(14-19)32-10-9-30)18-6-8-28-24(13-18)31-4;1-12-7-18(23)19(24)10-16(12)14-8-20(27-21(9-14)29-6-5-28)15-3-4-25-22-13(2)26-11-17(15)22;1-2-3-7(6-9)4-5-8;2*2-1-3;1-2/h6,8,11-16,27,30H,5,7,9-10H2,1-4H3;3-4,7-11,13,28H,5-6,24H2,1-2H3;7H,2-6,9H2,1H3;2*1H,(H2,2,3);1H2. The number of aryl methyl sites for hydroxylation is 2. The number of pyridine rings is 4. The molecule has 21 heteroatoms. The molecule has 1 aliphatic rings. The number of aliphatic imine (C=N–C) groups is 1. The SMILES string of the molecule is C=O.CCCC(CN)CCF.COc1cc(-c2cc(-c3cc(NCCC(C)C)c(F)cc3C)cc(OCCO)n2)ccn1.Cc1cc(F)c(N)cc1-c1cc(OCCO)nc(-c2ccnc3c2C=NC3C)c1.NC=O.NC=O. The van der Waals surface area contributed by atoms with Crippen LogP contribution < -0.4 is 42.5 Å². The number of aromatic nitrogens is 4. The van der Waals surface area contributed by atoms with Gasteiger partial charge < -0.3 is 57.5 Å². The molecule has 2 amide bonds. The summed E-state index contributed by atoms with van der Waals surface area (Å²) in [7, 11) is 1.56. The number of nitrogen functional groups attached to an aromatic ring is 1. The number of carbonyl (C=O) groups excluding carboxylic acids is 3. The number of rotatable bonds is 20. The summed E-state index contributed by atoms with van der Waals surface area (Å²) in [5, 5.41) is 21.5. The Morgan fingerprint density at radius 2 is 1.31 bits per heavy atom. The fraction of sp³-hybridized carbons (Fsp3) is 0.368. The number of methoxy groups -OCH3 is 1. The third-order valence-electron chi connectivity index (χ3n) is 11.5. The molecule has 0 saturated carbocycles. The summed E-state index contributed by atoms with van der Waals surface area (Å²) < 4.78 is 56.6. The van der Waals surface area contributed by atoms with Crippen LogP contribution in [0.2, 0.25) is 0 Å². The minimum Gasteiger partial charge on any atom is -0.481 e. The van der Waals surface area contributed by atoms with E-state index in [2.05, 4.69) is 62.5 Å². The molecule has 18 nitrogen and oxygen atoms in total. The first-order valence-corrected chi connectivity index (χ1v) is 25.1. The number of ether oxygens (including phenoxy) is 3. The van der Waals surface area contributed by atoms with Gasteiger partial charge in [0.05, 0.1) is 61.5 Å². The summed E-state index contributed by atoms with van der Waals surface area (Å²) in [6, 6.07) is 19.3. The van der Waals surface area contributed by atoms with E-state index in [1.165, 1.54) is 12.1 Å². The smallest absolute Gasteiger partial charge is 0.214 e. The number of anilines is 2. The lowest BCUT2D eigenvalue weighted by molar-refractivity contribution is -0.107. The number of halogens is 3. The van der Waals surface area contributed by atoms with E-state index in [0.29, 0.717) is 66.1 Å². The third kappa shape index (κ3) is 20.8. The Balaban J connectivity index is 0.000000415. The van der Waals surface area contributed by atoms with Gasteiger partial charge in [0.25, 0.3) is 0 Å². The molecule has 5 heterocycles. The number of benzene rings is 2. The molecule has 0 bridgehead atoms. The normalized spacial score (nSPS) is 11.9. The Bertz CT molecular complexity index is 2800. The summed E-state index contributed by atoms with van der Waals surface area (Å²) in [5.41, 5.74) is 29.7. The van der Waals surface area contributed by atoms with Crippen LogP contribution in [0, 0.1) is 37.3 Å². The van der Waals surface area contributed by atoms with E-state index in [-0.39, 0.29) is 63.5 Å². The number of alkyl halides is 1. The van der Waals surface area contributed by atoms with Crippen LogP contribution in [0.4, 0.5) is 24.5 Å². The van der Waals surface area contributed by atoms with Crippen molar-refractivity contribution in [1.82, 2.24) is 19.9 Å². The number of carbonyl (C=O) groups is 3. The van der Waals surface area contributed by atoms with Crippen LogP contribution in [0.25, 0.3) is 44.8 Å². The summed E-state index contributed by atoms with van der Waals surface area (Å²) in [6.07, 6.45) is 9.48. The van der Waals surface area contributed by atoms with Crippen molar-refractivity contribution < 1.29 is 52.0 Å². The molecule has 7 rings (SSSR count). The van der Waals surface area contributed by atoms with Crippen LogP contribution in [0.3, 0.4) is 0 Å². The lowest BCUT2D eigenvalue weighted by Crippen LogP contribution is -2.14. The van der Waals surface area contributed by atoms with Gasteiger partial charge in [0.1, 0.15) is 31.6 Å². The number of primary amides is 2. The van der Waals surface area contributed by atoms with Gasteiger partial charge in [-0.25, -0.2) is 23.7 Å². The Morgan fingerprint density at radius 1 is 0.756 bits per heavy atom. The van der Waals surface area contributed by atoms with Gasteiger partial charge in [-0.1, -0.05) is 27.2 Å². The predicted molar refractivity (Wildman–Crippen MR) is 301 cm³/mol. The highest BCUT2D eigenvalue weighted by atomic mass is 19.1. The maximum Gasteiger partial charge on any atom is 0.214 e.